The largest absolute Gasteiger partial charge is 0.386 e. The highest BCUT2D eigenvalue weighted by atomic mass is 35.5. The Balaban J connectivity index is 1.91. The number of rotatable bonds is 4. The molecule has 1 aliphatic rings. The molecule has 1 aliphatic heterocycles. The molecule has 3 atom stereocenters. The summed E-state index contributed by atoms with van der Waals surface area (Å²) in [6.45, 7) is 4.33. The number of benzene rings is 1. The molecule has 1 saturated heterocycles. The van der Waals surface area contributed by atoms with Crippen molar-refractivity contribution in [2.45, 2.75) is 32.4 Å². The normalized spacial score (nSPS) is 20.5. The van der Waals surface area contributed by atoms with Crippen LogP contribution in [-0.2, 0) is 9.59 Å². The van der Waals surface area contributed by atoms with Crippen molar-refractivity contribution in [1.82, 2.24) is 10.2 Å². The molecule has 6 heteroatoms. The van der Waals surface area contributed by atoms with Crippen molar-refractivity contribution in [2.75, 3.05) is 13.1 Å². The van der Waals surface area contributed by atoms with Gasteiger partial charge in [0.15, 0.2) is 0 Å². The fraction of sp³-hybridized carbons (Fsp3) is 0.500. The van der Waals surface area contributed by atoms with E-state index in [-0.39, 0.29) is 17.7 Å². The lowest BCUT2D eigenvalue weighted by molar-refractivity contribution is -0.129. The molecule has 1 fully saturated rings. The fourth-order valence-corrected chi connectivity index (χ4v) is 2.76. The van der Waals surface area contributed by atoms with Crippen LogP contribution < -0.4 is 5.32 Å². The molecule has 22 heavy (non-hydrogen) atoms. The van der Waals surface area contributed by atoms with Crippen LogP contribution >= 0.6 is 11.6 Å². The third-order valence-electron chi connectivity index (χ3n) is 4.06. The van der Waals surface area contributed by atoms with E-state index in [4.69, 9.17) is 11.6 Å². The van der Waals surface area contributed by atoms with E-state index in [0.717, 1.165) is 0 Å². The zero-order valence-corrected chi connectivity index (χ0v) is 13.5. The van der Waals surface area contributed by atoms with Crippen molar-refractivity contribution in [2.24, 2.45) is 5.92 Å². The molecule has 0 aliphatic carbocycles. The van der Waals surface area contributed by atoms with Crippen LogP contribution in [0.15, 0.2) is 24.3 Å². The maximum Gasteiger partial charge on any atom is 0.225 e. The van der Waals surface area contributed by atoms with Crippen LogP contribution in [0.5, 0.6) is 0 Å². The average molecular weight is 325 g/mol. The van der Waals surface area contributed by atoms with Crippen molar-refractivity contribution in [3.05, 3.63) is 34.9 Å². The number of nitrogens with one attached hydrogen (secondary N) is 1. The van der Waals surface area contributed by atoms with Gasteiger partial charge < -0.3 is 15.3 Å². The van der Waals surface area contributed by atoms with Crippen LogP contribution in [0.1, 0.15) is 31.9 Å². The van der Waals surface area contributed by atoms with Crippen LogP contribution in [0.25, 0.3) is 0 Å². The summed E-state index contributed by atoms with van der Waals surface area (Å²) < 4.78 is 0. The predicted octanol–water partition coefficient (Wildman–Crippen LogP) is 1.75. The van der Waals surface area contributed by atoms with E-state index in [1.165, 1.54) is 6.92 Å². The minimum atomic E-state index is -0.800. The molecule has 3 unspecified atom stereocenters. The number of likely N-dealkylation sites (tertiary alicyclic amines) is 1. The van der Waals surface area contributed by atoms with Gasteiger partial charge in [-0.05, 0) is 31.0 Å². The molecular formula is C16H21ClN2O3. The van der Waals surface area contributed by atoms with Crippen LogP contribution in [0.3, 0.4) is 0 Å². The van der Waals surface area contributed by atoms with Gasteiger partial charge in [0.2, 0.25) is 11.8 Å². The van der Waals surface area contributed by atoms with E-state index in [2.05, 4.69) is 5.32 Å². The highest BCUT2D eigenvalue weighted by Gasteiger charge is 2.31. The summed E-state index contributed by atoms with van der Waals surface area (Å²) in [6, 6.07) is 6.47. The molecule has 0 bridgehead atoms. The van der Waals surface area contributed by atoms with Gasteiger partial charge in [-0.2, -0.15) is 0 Å². The van der Waals surface area contributed by atoms with Crippen LogP contribution in [0, 0.1) is 5.92 Å². The lowest BCUT2D eigenvalue weighted by Gasteiger charge is -2.22. The van der Waals surface area contributed by atoms with Gasteiger partial charge >= 0.3 is 0 Å². The monoisotopic (exact) mass is 324 g/mol. The lowest BCUT2D eigenvalue weighted by Crippen LogP contribution is -2.41. The zero-order chi connectivity index (χ0) is 16.3. The number of amides is 2. The Kier molecular flexibility index (Phi) is 5.42. The molecule has 0 saturated carbocycles. The topological polar surface area (TPSA) is 69.6 Å². The van der Waals surface area contributed by atoms with Crippen LogP contribution in [-0.4, -0.2) is 41.0 Å². The number of hydrogen-bond acceptors (Lipinski definition) is 3. The van der Waals surface area contributed by atoms with E-state index in [9.17, 15) is 14.7 Å². The Hall–Kier alpha value is -1.59. The van der Waals surface area contributed by atoms with Gasteiger partial charge in [0.25, 0.3) is 0 Å². The number of hydrogen-bond donors (Lipinski definition) is 2. The molecule has 2 rings (SSSR count). The summed E-state index contributed by atoms with van der Waals surface area (Å²) in [6.07, 6.45) is -0.138. The van der Waals surface area contributed by atoms with E-state index < -0.39 is 12.1 Å². The molecule has 2 amide bonds. The molecule has 0 radical (unpaired) electrons. The van der Waals surface area contributed by atoms with E-state index in [1.807, 2.05) is 0 Å². The third kappa shape index (κ3) is 3.99. The quantitative estimate of drug-likeness (QED) is 0.886. The summed E-state index contributed by atoms with van der Waals surface area (Å²) in [5, 5.41) is 13.7. The van der Waals surface area contributed by atoms with E-state index in [0.29, 0.717) is 30.1 Å². The van der Waals surface area contributed by atoms with Gasteiger partial charge in [0, 0.05) is 25.0 Å². The maximum absolute atomic E-state index is 12.2. The SMILES string of the molecule is CC(=O)N1CCC(C(=O)NC(C)C(O)c2ccc(Cl)cc2)C1. The number of carbonyl (C=O) groups excluding carboxylic acids is 2. The number of aliphatic hydroxyl groups is 1. The molecule has 0 spiro atoms. The summed E-state index contributed by atoms with van der Waals surface area (Å²) in [7, 11) is 0. The molecule has 120 valence electrons. The highest BCUT2D eigenvalue weighted by Crippen LogP contribution is 2.21. The maximum atomic E-state index is 12.2. The molecule has 0 aromatic heterocycles. The fourth-order valence-electron chi connectivity index (χ4n) is 2.63. The molecule has 1 aromatic carbocycles. The molecule has 1 heterocycles. The van der Waals surface area contributed by atoms with Gasteiger partial charge in [-0.15, -0.1) is 0 Å². The van der Waals surface area contributed by atoms with Gasteiger partial charge in [-0.1, -0.05) is 23.7 Å². The standard InChI is InChI=1S/C16H21ClN2O3/c1-10(15(21)12-3-5-14(17)6-4-12)18-16(22)13-7-8-19(9-13)11(2)20/h3-6,10,13,15,21H,7-9H2,1-2H3,(H,18,22). The lowest BCUT2D eigenvalue weighted by atomic mass is 10.0. The first kappa shape index (κ1) is 16.8. The van der Waals surface area contributed by atoms with Crippen molar-refractivity contribution in [1.29, 1.82) is 0 Å². The second-order valence-corrected chi connectivity index (χ2v) is 6.18. The van der Waals surface area contributed by atoms with Gasteiger partial charge in [-0.3, -0.25) is 9.59 Å². The number of carbonyl (C=O) groups is 2. The van der Waals surface area contributed by atoms with E-state index >= 15 is 0 Å². The van der Waals surface area contributed by atoms with Gasteiger partial charge in [0.1, 0.15) is 0 Å². The van der Waals surface area contributed by atoms with Crippen molar-refractivity contribution >= 4 is 23.4 Å². The summed E-state index contributed by atoms with van der Waals surface area (Å²) >= 11 is 5.82. The smallest absolute Gasteiger partial charge is 0.225 e. The van der Waals surface area contributed by atoms with Crippen molar-refractivity contribution < 1.29 is 14.7 Å². The number of aliphatic hydroxyl groups excluding tert-OH is 1. The van der Waals surface area contributed by atoms with Gasteiger partial charge in [0.05, 0.1) is 18.1 Å². The molecule has 2 N–H and O–H groups in total. The Morgan fingerprint density at radius 3 is 2.55 bits per heavy atom. The number of nitrogens with zero attached hydrogens (tertiary/aromatic N) is 1. The Morgan fingerprint density at radius 1 is 1.36 bits per heavy atom. The van der Waals surface area contributed by atoms with Crippen molar-refractivity contribution in [3.63, 3.8) is 0 Å². The first-order valence-corrected chi connectivity index (χ1v) is 7.75. The predicted molar refractivity (Wildman–Crippen MR) is 84.4 cm³/mol. The van der Waals surface area contributed by atoms with Crippen molar-refractivity contribution in [3.8, 4) is 0 Å². The Labute approximate surface area is 135 Å². The average Bonchev–Trinajstić information content (AvgIpc) is 2.97. The summed E-state index contributed by atoms with van der Waals surface area (Å²) in [5.41, 5.74) is 0.703. The second-order valence-electron chi connectivity index (χ2n) is 5.74. The number of halogens is 1. The summed E-state index contributed by atoms with van der Waals surface area (Å²) in [5.74, 6) is -0.336. The Morgan fingerprint density at radius 2 is 2.00 bits per heavy atom. The Bertz CT molecular complexity index is 547. The zero-order valence-electron chi connectivity index (χ0n) is 12.8. The molecule has 1 aromatic rings. The van der Waals surface area contributed by atoms with E-state index in [1.54, 1.807) is 36.1 Å². The first-order valence-electron chi connectivity index (χ1n) is 7.38. The highest BCUT2D eigenvalue weighted by molar-refractivity contribution is 6.30. The summed E-state index contributed by atoms with van der Waals surface area (Å²) in [4.78, 5) is 25.2. The minimum Gasteiger partial charge on any atom is -0.386 e. The second kappa shape index (κ2) is 7.11. The minimum absolute atomic E-state index is 0.00968. The van der Waals surface area contributed by atoms with Crippen LogP contribution in [0.4, 0.5) is 0 Å². The third-order valence-corrected chi connectivity index (χ3v) is 4.31. The first-order chi connectivity index (χ1) is 10.4. The molecule has 5 nitrogen and oxygen atoms in total. The van der Waals surface area contributed by atoms with Gasteiger partial charge in [-0.25, -0.2) is 0 Å². The van der Waals surface area contributed by atoms with Crippen LogP contribution in [0.2, 0.25) is 5.02 Å². The molecular weight excluding hydrogens is 304 g/mol.